The fourth-order valence-electron chi connectivity index (χ4n) is 5.09. The monoisotopic (exact) mass is 536 g/mol. The minimum atomic E-state index is -0.824. The van der Waals surface area contributed by atoms with E-state index in [0.29, 0.717) is 19.6 Å². The van der Waals surface area contributed by atoms with Crippen LogP contribution in [-0.4, -0.2) is 83.6 Å². The highest BCUT2D eigenvalue weighted by Gasteiger charge is 2.47. The van der Waals surface area contributed by atoms with Crippen LogP contribution in [0.3, 0.4) is 0 Å². The summed E-state index contributed by atoms with van der Waals surface area (Å²) in [4.78, 5) is 76.1. The average Bonchev–Trinajstić information content (AvgIpc) is 3.18. The van der Waals surface area contributed by atoms with E-state index in [9.17, 15) is 28.8 Å². The van der Waals surface area contributed by atoms with Gasteiger partial charge in [0.1, 0.15) is 6.54 Å². The third-order valence-electron chi connectivity index (χ3n) is 7.03. The first kappa shape index (κ1) is 31.4. The van der Waals surface area contributed by atoms with Crippen molar-refractivity contribution in [3.05, 3.63) is 0 Å². The molecule has 0 aromatic carbocycles. The molecule has 6 amide bonds. The summed E-state index contributed by atoms with van der Waals surface area (Å²) in [5.74, 6) is -2.39. The molecule has 0 unspecified atom stereocenters. The summed E-state index contributed by atoms with van der Waals surface area (Å²) in [5.41, 5.74) is -2.03. The van der Waals surface area contributed by atoms with Crippen LogP contribution in [-0.2, 0) is 33.5 Å². The van der Waals surface area contributed by atoms with Crippen LogP contribution in [0.1, 0.15) is 74.7 Å². The highest BCUT2D eigenvalue weighted by atomic mass is 16.5. The van der Waals surface area contributed by atoms with Crippen molar-refractivity contribution in [3.63, 3.8) is 0 Å². The van der Waals surface area contributed by atoms with Crippen LogP contribution in [0.4, 0.5) is 0 Å². The van der Waals surface area contributed by atoms with E-state index in [2.05, 4.69) is 10.6 Å². The van der Waals surface area contributed by atoms with Gasteiger partial charge in [0.2, 0.25) is 35.4 Å². The van der Waals surface area contributed by atoms with Crippen molar-refractivity contribution in [2.24, 2.45) is 22.7 Å². The SMILES string of the molecule is C[C@@H]1CC(=O)N(C(C)(C)CC(C)(C)C(=O)NCCOCC(C)(C)CNC(=O)CN2C(=O)C[C@H](C)C2=O)C1=O. The fraction of sp³-hybridized carbons (Fsp3) is 0.778. The Morgan fingerprint density at radius 3 is 2.00 bits per heavy atom. The van der Waals surface area contributed by atoms with Crippen molar-refractivity contribution in [2.75, 3.05) is 32.8 Å². The lowest BCUT2D eigenvalue weighted by molar-refractivity contribution is -0.148. The number of ether oxygens (including phenoxy) is 1. The van der Waals surface area contributed by atoms with Crippen LogP contribution in [0.15, 0.2) is 0 Å². The minimum Gasteiger partial charge on any atom is -0.379 e. The molecule has 2 aliphatic rings. The van der Waals surface area contributed by atoms with Gasteiger partial charge in [0.05, 0.1) is 13.2 Å². The van der Waals surface area contributed by atoms with Gasteiger partial charge in [0.25, 0.3) is 0 Å². The summed E-state index contributed by atoms with van der Waals surface area (Å²) in [7, 11) is 0. The maximum absolute atomic E-state index is 12.9. The van der Waals surface area contributed by atoms with Crippen molar-refractivity contribution in [1.29, 1.82) is 0 Å². The first-order valence-electron chi connectivity index (χ1n) is 13.2. The normalized spacial score (nSPS) is 20.9. The van der Waals surface area contributed by atoms with Gasteiger partial charge in [0.15, 0.2) is 0 Å². The van der Waals surface area contributed by atoms with Crippen molar-refractivity contribution < 1.29 is 33.5 Å². The molecular formula is C27H44N4O7. The van der Waals surface area contributed by atoms with Crippen LogP contribution in [0.25, 0.3) is 0 Å². The lowest BCUT2D eigenvalue weighted by atomic mass is 9.78. The van der Waals surface area contributed by atoms with Crippen molar-refractivity contribution in [1.82, 2.24) is 20.4 Å². The van der Waals surface area contributed by atoms with Crippen LogP contribution in [0.5, 0.6) is 0 Å². The number of imide groups is 2. The van der Waals surface area contributed by atoms with E-state index >= 15 is 0 Å². The smallest absolute Gasteiger partial charge is 0.240 e. The molecule has 2 heterocycles. The molecule has 11 heteroatoms. The van der Waals surface area contributed by atoms with Crippen molar-refractivity contribution in [3.8, 4) is 0 Å². The van der Waals surface area contributed by atoms with Gasteiger partial charge in [-0.05, 0) is 20.3 Å². The molecule has 0 saturated carbocycles. The Bertz CT molecular complexity index is 972. The second kappa shape index (κ2) is 11.9. The number of likely N-dealkylation sites (tertiary alicyclic amines) is 2. The van der Waals surface area contributed by atoms with Crippen LogP contribution in [0.2, 0.25) is 0 Å². The summed E-state index contributed by atoms with van der Waals surface area (Å²) in [6.07, 6.45) is 0.647. The molecule has 2 saturated heterocycles. The Labute approximate surface area is 225 Å². The van der Waals surface area contributed by atoms with E-state index in [-0.39, 0.29) is 73.9 Å². The largest absolute Gasteiger partial charge is 0.379 e. The zero-order valence-electron chi connectivity index (χ0n) is 24.1. The number of hydrogen-bond acceptors (Lipinski definition) is 7. The molecular weight excluding hydrogens is 492 g/mol. The maximum Gasteiger partial charge on any atom is 0.240 e. The summed E-state index contributed by atoms with van der Waals surface area (Å²) < 4.78 is 5.72. The molecule has 0 spiro atoms. The lowest BCUT2D eigenvalue weighted by Gasteiger charge is -2.39. The van der Waals surface area contributed by atoms with Gasteiger partial charge in [-0.15, -0.1) is 0 Å². The van der Waals surface area contributed by atoms with Crippen LogP contribution >= 0.6 is 0 Å². The number of hydrogen-bond donors (Lipinski definition) is 2. The Morgan fingerprint density at radius 2 is 1.47 bits per heavy atom. The zero-order chi connectivity index (χ0) is 29.1. The van der Waals surface area contributed by atoms with Gasteiger partial charge in [-0.2, -0.15) is 0 Å². The van der Waals surface area contributed by atoms with Gasteiger partial charge in [-0.3, -0.25) is 38.6 Å². The topological polar surface area (TPSA) is 142 Å². The number of carbonyl (C=O) groups is 6. The molecule has 0 aromatic heterocycles. The second-order valence-corrected chi connectivity index (χ2v) is 12.7. The van der Waals surface area contributed by atoms with Gasteiger partial charge >= 0.3 is 0 Å². The molecule has 11 nitrogen and oxygen atoms in total. The molecule has 2 rings (SSSR count). The predicted octanol–water partition coefficient (Wildman–Crippen LogP) is 1.25. The van der Waals surface area contributed by atoms with E-state index in [1.165, 1.54) is 4.90 Å². The van der Waals surface area contributed by atoms with Crippen LogP contribution < -0.4 is 10.6 Å². The Hall–Kier alpha value is -2.82. The average molecular weight is 537 g/mol. The highest BCUT2D eigenvalue weighted by molar-refractivity contribution is 6.06. The lowest BCUT2D eigenvalue weighted by Crippen LogP contribution is -2.52. The standard InChI is InChI=1S/C27H44N4O7/c1-17-11-20(33)30(22(17)35)13-19(32)29-15-25(3,4)16-38-10-9-28-24(37)26(5,6)14-27(7,8)31-21(34)12-18(2)23(31)36/h17-18H,9-16H2,1-8H3,(H,28,37)(H,29,32)/t17-,18+/m0/s1. The molecule has 214 valence electrons. The summed E-state index contributed by atoms with van der Waals surface area (Å²) in [5, 5.41) is 5.62. The molecule has 2 aliphatic heterocycles. The number of carbonyl (C=O) groups excluding carboxylic acids is 6. The maximum atomic E-state index is 12.9. The summed E-state index contributed by atoms with van der Waals surface area (Å²) in [6, 6.07) is 0. The molecule has 0 radical (unpaired) electrons. The second-order valence-electron chi connectivity index (χ2n) is 12.7. The number of rotatable bonds is 13. The quantitative estimate of drug-likeness (QED) is 0.266. The number of nitrogens with zero attached hydrogens (tertiary/aromatic N) is 2. The van der Waals surface area contributed by atoms with Gasteiger partial charge < -0.3 is 15.4 Å². The molecule has 0 bridgehead atoms. The first-order valence-corrected chi connectivity index (χ1v) is 13.2. The molecule has 2 fully saturated rings. The van der Waals surface area contributed by atoms with E-state index < -0.39 is 22.3 Å². The predicted molar refractivity (Wildman–Crippen MR) is 139 cm³/mol. The first-order chi connectivity index (χ1) is 17.4. The van der Waals surface area contributed by atoms with E-state index in [4.69, 9.17) is 4.74 Å². The molecule has 2 atom stereocenters. The number of amides is 6. The van der Waals surface area contributed by atoms with E-state index in [0.717, 1.165) is 4.90 Å². The van der Waals surface area contributed by atoms with E-state index in [1.54, 1.807) is 41.5 Å². The third-order valence-corrected chi connectivity index (χ3v) is 7.03. The van der Waals surface area contributed by atoms with Gasteiger partial charge in [-0.1, -0.05) is 41.5 Å². The number of nitrogens with one attached hydrogen (secondary N) is 2. The molecule has 0 aliphatic carbocycles. The zero-order valence-corrected chi connectivity index (χ0v) is 24.1. The van der Waals surface area contributed by atoms with Gasteiger partial charge in [-0.25, -0.2) is 0 Å². The Kier molecular flexibility index (Phi) is 9.85. The fourth-order valence-corrected chi connectivity index (χ4v) is 5.09. The van der Waals surface area contributed by atoms with E-state index in [1.807, 2.05) is 13.8 Å². The molecule has 2 N–H and O–H groups in total. The Morgan fingerprint density at radius 1 is 0.895 bits per heavy atom. The Balaban J connectivity index is 1.72. The third kappa shape index (κ3) is 7.85. The summed E-state index contributed by atoms with van der Waals surface area (Å²) >= 11 is 0. The van der Waals surface area contributed by atoms with Crippen molar-refractivity contribution in [2.45, 2.75) is 80.2 Å². The molecule has 0 aromatic rings. The summed E-state index contributed by atoms with van der Waals surface area (Å²) in [6.45, 7) is 15.3. The van der Waals surface area contributed by atoms with Crippen LogP contribution in [0, 0.1) is 22.7 Å². The molecule has 38 heavy (non-hydrogen) atoms. The van der Waals surface area contributed by atoms with Gasteiger partial charge in [0, 0.05) is 54.1 Å². The minimum absolute atomic E-state index is 0.133. The van der Waals surface area contributed by atoms with Crippen molar-refractivity contribution >= 4 is 35.4 Å². The highest BCUT2D eigenvalue weighted by Crippen LogP contribution is 2.36.